The van der Waals surface area contributed by atoms with Crippen molar-refractivity contribution in [3.8, 4) is 0 Å². The molecule has 2 heterocycles. The molecule has 4 heteroatoms. The fraction of sp³-hybridized carbons (Fsp3) is 0.250. The van der Waals surface area contributed by atoms with Crippen LogP contribution in [-0.4, -0.2) is 10.2 Å². The molecule has 0 aliphatic rings. The quantitative estimate of drug-likeness (QED) is 0.686. The maximum absolute atomic E-state index is 11.1. The lowest BCUT2D eigenvalue weighted by atomic mass is 10.2. The molecule has 0 spiro atoms. The van der Waals surface area contributed by atoms with Gasteiger partial charge in [0.25, 0.3) is 5.56 Å². The van der Waals surface area contributed by atoms with Gasteiger partial charge in [0.15, 0.2) is 5.58 Å². The third kappa shape index (κ3) is 0.845. The molecule has 0 bridgehead atoms. The van der Waals surface area contributed by atoms with E-state index in [1.165, 1.54) is 6.26 Å². The molecule has 0 radical (unpaired) electrons. The molecule has 0 aromatic carbocycles. The van der Waals surface area contributed by atoms with Gasteiger partial charge < -0.3 is 4.42 Å². The van der Waals surface area contributed by atoms with E-state index in [9.17, 15) is 4.79 Å². The predicted molar refractivity (Wildman–Crippen MR) is 44.0 cm³/mol. The molecule has 2 aromatic rings. The van der Waals surface area contributed by atoms with Gasteiger partial charge in [0.05, 0.1) is 11.6 Å². The SMILES string of the molecule is CCc1n[nH]c(=O)c2ccoc12. The van der Waals surface area contributed by atoms with E-state index in [0.717, 1.165) is 12.1 Å². The first kappa shape index (κ1) is 7.09. The Balaban J connectivity index is 2.92. The maximum atomic E-state index is 11.1. The minimum atomic E-state index is -0.198. The van der Waals surface area contributed by atoms with E-state index < -0.39 is 0 Å². The number of H-pyrrole nitrogens is 1. The molecule has 0 saturated heterocycles. The fourth-order valence-electron chi connectivity index (χ4n) is 1.18. The van der Waals surface area contributed by atoms with Crippen molar-refractivity contribution in [3.63, 3.8) is 0 Å². The summed E-state index contributed by atoms with van der Waals surface area (Å²) in [5.41, 5.74) is 1.19. The number of furan rings is 1. The number of nitrogens with zero attached hydrogens (tertiary/aromatic N) is 1. The van der Waals surface area contributed by atoms with E-state index in [1.807, 2.05) is 6.92 Å². The molecule has 0 unspecified atom stereocenters. The zero-order valence-electron chi connectivity index (χ0n) is 6.63. The molecule has 0 aliphatic carbocycles. The maximum Gasteiger partial charge on any atom is 0.275 e. The molecule has 62 valence electrons. The average Bonchev–Trinajstić information content (AvgIpc) is 2.54. The van der Waals surface area contributed by atoms with Crippen LogP contribution in [0.4, 0.5) is 0 Å². The summed E-state index contributed by atoms with van der Waals surface area (Å²) >= 11 is 0. The van der Waals surface area contributed by atoms with E-state index >= 15 is 0 Å². The van der Waals surface area contributed by atoms with Gasteiger partial charge in [-0.15, -0.1) is 0 Å². The normalized spacial score (nSPS) is 10.8. The Morgan fingerprint density at radius 2 is 2.50 bits per heavy atom. The average molecular weight is 164 g/mol. The number of fused-ring (bicyclic) bond motifs is 1. The molecule has 12 heavy (non-hydrogen) atoms. The second kappa shape index (κ2) is 2.48. The Morgan fingerprint density at radius 1 is 1.67 bits per heavy atom. The van der Waals surface area contributed by atoms with Gasteiger partial charge in [-0.2, -0.15) is 5.10 Å². The number of aromatic amines is 1. The third-order valence-corrected chi connectivity index (χ3v) is 1.80. The predicted octanol–water partition coefficient (Wildman–Crippen LogP) is 1.08. The molecule has 4 nitrogen and oxygen atoms in total. The van der Waals surface area contributed by atoms with Crippen LogP contribution in [0.15, 0.2) is 21.5 Å². The smallest absolute Gasteiger partial charge is 0.275 e. The lowest BCUT2D eigenvalue weighted by Crippen LogP contribution is -2.09. The van der Waals surface area contributed by atoms with Crippen LogP contribution in [0, 0.1) is 0 Å². The van der Waals surface area contributed by atoms with E-state index in [1.54, 1.807) is 6.07 Å². The highest BCUT2D eigenvalue weighted by Crippen LogP contribution is 2.13. The van der Waals surface area contributed by atoms with Gasteiger partial charge in [-0.25, -0.2) is 5.10 Å². The van der Waals surface area contributed by atoms with Crippen molar-refractivity contribution in [2.24, 2.45) is 0 Å². The summed E-state index contributed by atoms with van der Waals surface area (Å²) in [5, 5.41) is 6.85. The van der Waals surface area contributed by atoms with E-state index in [4.69, 9.17) is 4.42 Å². The van der Waals surface area contributed by atoms with E-state index in [0.29, 0.717) is 11.0 Å². The van der Waals surface area contributed by atoms with Crippen molar-refractivity contribution in [1.29, 1.82) is 0 Å². The van der Waals surface area contributed by atoms with E-state index in [-0.39, 0.29) is 5.56 Å². The van der Waals surface area contributed by atoms with Gasteiger partial charge in [0, 0.05) is 0 Å². The van der Waals surface area contributed by atoms with Crippen LogP contribution < -0.4 is 5.56 Å². The Kier molecular flexibility index (Phi) is 1.46. The zero-order chi connectivity index (χ0) is 8.55. The number of hydrogen-bond acceptors (Lipinski definition) is 3. The molecule has 0 fully saturated rings. The summed E-state index contributed by atoms with van der Waals surface area (Å²) in [5.74, 6) is 0. The number of aryl methyl sites for hydroxylation is 1. The third-order valence-electron chi connectivity index (χ3n) is 1.80. The number of rotatable bonds is 1. The topological polar surface area (TPSA) is 58.9 Å². The van der Waals surface area contributed by atoms with Crippen LogP contribution in [-0.2, 0) is 6.42 Å². The van der Waals surface area contributed by atoms with Crippen LogP contribution in [0.25, 0.3) is 11.0 Å². The lowest BCUT2D eigenvalue weighted by molar-refractivity contribution is 0.606. The van der Waals surface area contributed by atoms with Crippen LogP contribution in [0.1, 0.15) is 12.6 Å². The van der Waals surface area contributed by atoms with Gasteiger partial charge in [-0.05, 0) is 12.5 Å². The Labute approximate surface area is 68.2 Å². The second-order valence-electron chi connectivity index (χ2n) is 2.52. The fourth-order valence-corrected chi connectivity index (χ4v) is 1.18. The Morgan fingerprint density at radius 3 is 3.25 bits per heavy atom. The van der Waals surface area contributed by atoms with Crippen LogP contribution in [0.2, 0.25) is 0 Å². The minimum Gasteiger partial charge on any atom is -0.462 e. The molecule has 2 rings (SSSR count). The highest BCUT2D eigenvalue weighted by molar-refractivity contribution is 5.77. The van der Waals surface area contributed by atoms with Crippen molar-refractivity contribution >= 4 is 11.0 Å². The van der Waals surface area contributed by atoms with Crippen LogP contribution in [0.3, 0.4) is 0 Å². The molecular weight excluding hydrogens is 156 g/mol. The van der Waals surface area contributed by atoms with Crippen molar-refractivity contribution in [1.82, 2.24) is 10.2 Å². The Hall–Kier alpha value is -1.58. The summed E-state index contributed by atoms with van der Waals surface area (Å²) < 4.78 is 5.14. The van der Waals surface area contributed by atoms with Gasteiger partial charge in [-0.1, -0.05) is 6.92 Å². The minimum absolute atomic E-state index is 0.198. The van der Waals surface area contributed by atoms with Crippen molar-refractivity contribution in [2.75, 3.05) is 0 Å². The first-order chi connectivity index (χ1) is 5.83. The number of hydrogen-bond donors (Lipinski definition) is 1. The summed E-state index contributed by atoms with van der Waals surface area (Å²) in [7, 11) is 0. The van der Waals surface area contributed by atoms with Crippen LogP contribution in [0.5, 0.6) is 0 Å². The molecule has 1 N–H and O–H groups in total. The molecular formula is C8H8N2O2. The van der Waals surface area contributed by atoms with Crippen LogP contribution >= 0.6 is 0 Å². The second-order valence-corrected chi connectivity index (χ2v) is 2.52. The van der Waals surface area contributed by atoms with Gasteiger partial charge in [0.1, 0.15) is 5.69 Å². The van der Waals surface area contributed by atoms with Gasteiger partial charge >= 0.3 is 0 Å². The lowest BCUT2D eigenvalue weighted by Gasteiger charge is -1.93. The largest absolute Gasteiger partial charge is 0.462 e. The monoisotopic (exact) mass is 164 g/mol. The summed E-state index contributed by atoms with van der Waals surface area (Å²) in [6.45, 7) is 1.96. The van der Waals surface area contributed by atoms with Gasteiger partial charge in [0.2, 0.25) is 0 Å². The van der Waals surface area contributed by atoms with Gasteiger partial charge in [-0.3, -0.25) is 4.79 Å². The number of aromatic nitrogens is 2. The first-order valence-electron chi connectivity index (χ1n) is 3.77. The Bertz CT molecular complexity index is 455. The summed E-state index contributed by atoms with van der Waals surface area (Å²) in [4.78, 5) is 11.1. The van der Waals surface area contributed by atoms with Crippen molar-refractivity contribution in [2.45, 2.75) is 13.3 Å². The standard InChI is InChI=1S/C8H8N2O2/c1-2-6-7-5(3-4-12-7)8(11)10-9-6/h3-4H,2H2,1H3,(H,10,11). The summed E-state index contributed by atoms with van der Waals surface area (Å²) in [6, 6.07) is 1.65. The van der Waals surface area contributed by atoms with Crippen molar-refractivity contribution < 1.29 is 4.42 Å². The zero-order valence-corrected chi connectivity index (χ0v) is 6.63. The highest BCUT2D eigenvalue weighted by atomic mass is 16.3. The first-order valence-corrected chi connectivity index (χ1v) is 3.77. The van der Waals surface area contributed by atoms with E-state index in [2.05, 4.69) is 10.2 Å². The number of nitrogens with one attached hydrogen (secondary N) is 1. The highest BCUT2D eigenvalue weighted by Gasteiger charge is 2.06. The molecule has 0 atom stereocenters. The molecule has 0 aliphatic heterocycles. The molecule has 0 amide bonds. The summed E-state index contributed by atoms with van der Waals surface area (Å²) in [6.07, 6.45) is 2.25. The van der Waals surface area contributed by atoms with Crippen molar-refractivity contribution in [3.05, 3.63) is 28.4 Å². The molecule has 0 saturated carbocycles. The molecule has 2 aromatic heterocycles.